The molecule has 0 aliphatic heterocycles. The number of carbonyl (C=O) groups is 1. The lowest BCUT2D eigenvalue weighted by Crippen LogP contribution is -2.32. The molecule has 1 fully saturated rings. The van der Waals surface area contributed by atoms with Gasteiger partial charge in [0, 0.05) is 54.6 Å². The van der Waals surface area contributed by atoms with Crippen LogP contribution in [-0.4, -0.2) is 51.4 Å². The Morgan fingerprint density at radius 3 is 2.68 bits per heavy atom. The molecular formula is C26H28N6O2. The van der Waals surface area contributed by atoms with Crippen LogP contribution in [0, 0.1) is 5.41 Å². The molecule has 8 heteroatoms. The molecule has 1 amide bonds. The van der Waals surface area contributed by atoms with Crippen LogP contribution in [0.1, 0.15) is 36.7 Å². The van der Waals surface area contributed by atoms with E-state index in [1.165, 1.54) is 19.3 Å². The molecule has 174 valence electrons. The number of H-pyrrole nitrogens is 1. The second kappa shape index (κ2) is 8.78. The highest BCUT2D eigenvalue weighted by atomic mass is 16.5. The zero-order valence-corrected chi connectivity index (χ0v) is 19.6. The van der Waals surface area contributed by atoms with Gasteiger partial charge in [0.15, 0.2) is 0 Å². The third-order valence-electron chi connectivity index (χ3n) is 6.31. The van der Waals surface area contributed by atoms with Crippen molar-refractivity contribution in [3.8, 4) is 17.1 Å². The standard InChI is InChI=1S/C26H28N6O2/c1-26(9-4-10-26)16-34-19-7-11-27-22(15-19)20-8-12-28-25(31-20)29-18-6-5-17-13-23(24(33)32(2)3)30-21(17)14-18/h5-8,11-15,30H,4,9-10,16H2,1-3H3,(H,28,29,31). The Kier molecular flexibility index (Phi) is 5.65. The second-order valence-corrected chi connectivity index (χ2v) is 9.40. The number of benzene rings is 1. The molecule has 1 aromatic carbocycles. The first-order valence-electron chi connectivity index (χ1n) is 11.4. The molecule has 0 radical (unpaired) electrons. The minimum absolute atomic E-state index is 0.0674. The number of amides is 1. The Morgan fingerprint density at radius 1 is 1.09 bits per heavy atom. The Labute approximate surface area is 198 Å². The van der Waals surface area contributed by atoms with Crippen molar-refractivity contribution in [2.24, 2.45) is 5.41 Å². The van der Waals surface area contributed by atoms with E-state index in [1.54, 1.807) is 31.4 Å². The van der Waals surface area contributed by atoms with Gasteiger partial charge in [-0.1, -0.05) is 19.4 Å². The molecule has 8 nitrogen and oxygen atoms in total. The molecule has 34 heavy (non-hydrogen) atoms. The number of anilines is 2. The van der Waals surface area contributed by atoms with Gasteiger partial charge in [-0.3, -0.25) is 9.78 Å². The highest BCUT2D eigenvalue weighted by molar-refractivity contribution is 5.98. The minimum Gasteiger partial charge on any atom is -0.493 e. The van der Waals surface area contributed by atoms with Gasteiger partial charge in [-0.05, 0) is 43.2 Å². The van der Waals surface area contributed by atoms with E-state index in [2.05, 4.69) is 32.2 Å². The molecule has 4 aromatic rings. The summed E-state index contributed by atoms with van der Waals surface area (Å²) < 4.78 is 6.05. The highest BCUT2D eigenvalue weighted by Gasteiger charge is 2.32. The van der Waals surface area contributed by atoms with Crippen LogP contribution in [0.5, 0.6) is 5.75 Å². The lowest BCUT2D eigenvalue weighted by atomic mass is 9.71. The number of rotatable bonds is 7. The van der Waals surface area contributed by atoms with Crippen LogP contribution in [-0.2, 0) is 0 Å². The van der Waals surface area contributed by atoms with Crippen LogP contribution in [0.25, 0.3) is 22.3 Å². The highest BCUT2D eigenvalue weighted by Crippen LogP contribution is 2.40. The van der Waals surface area contributed by atoms with Gasteiger partial charge in [-0.15, -0.1) is 0 Å². The predicted molar refractivity (Wildman–Crippen MR) is 132 cm³/mol. The quantitative estimate of drug-likeness (QED) is 0.405. The van der Waals surface area contributed by atoms with Gasteiger partial charge in [-0.25, -0.2) is 9.97 Å². The third kappa shape index (κ3) is 4.57. The monoisotopic (exact) mass is 456 g/mol. The number of ether oxygens (including phenoxy) is 1. The van der Waals surface area contributed by atoms with Gasteiger partial charge >= 0.3 is 0 Å². The first-order valence-corrected chi connectivity index (χ1v) is 11.4. The van der Waals surface area contributed by atoms with Gasteiger partial charge in [0.1, 0.15) is 11.4 Å². The Morgan fingerprint density at radius 2 is 1.91 bits per heavy atom. The van der Waals surface area contributed by atoms with E-state index in [4.69, 9.17) is 4.74 Å². The molecule has 2 N–H and O–H groups in total. The molecule has 0 spiro atoms. The van der Waals surface area contributed by atoms with E-state index >= 15 is 0 Å². The number of pyridine rings is 1. The maximum atomic E-state index is 12.2. The van der Waals surface area contributed by atoms with Crippen LogP contribution < -0.4 is 10.1 Å². The Hall–Kier alpha value is -3.94. The lowest BCUT2D eigenvalue weighted by Gasteiger charge is -2.37. The molecule has 0 unspecified atom stereocenters. The van der Waals surface area contributed by atoms with E-state index < -0.39 is 0 Å². The van der Waals surface area contributed by atoms with Crippen LogP contribution >= 0.6 is 0 Å². The number of fused-ring (bicyclic) bond motifs is 1. The molecule has 1 aliphatic rings. The van der Waals surface area contributed by atoms with Crippen molar-refractivity contribution < 1.29 is 9.53 Å². The topological polar surface area (TPSA) is 96.0 Å². The maximum absolute atomic E-state index is 12.2. The van der Waals surface area contributed by atoms with Gasteiger partial charge in [0.25, 0.3) is 5.91 Å². The van der Waals surface area contributed by atoms with Crippen molar-refractivity contribution in [2.75, 3.05) is 26.0 Å². The maximum Gasteiger partial charge on any atom is 0.269 e. The number of carbonyl (C=O) groups excluding carboxylic acids is 1. The van der Waals surface area contributed by atoms with Crippen LogP contribution in [0.2, 0.25) is 0 Å². The Balaban J connectivity index is 1.33. The van der Waals surface area contributed by atoms with Crippen molar-refractivity contribution in [2.45, 2.75) is 26.2 Å². The number of hydrogen-bond donors (Lipinski definition) is 2. The summed E-state index contributed by atoms with van der Waals surface area (Å²) in [5, 5.41) is 4.21. The van der Waals surface area contributed by atoms with E-state index in [0.29, 0.717) is 17.3 Å². The number of aromatic nitrogens is 4. The number of nitrogens with zero attached hydrogens (tertiary/aromatic N) is 4. The van der Waals surface area contributed by atoms with Crippen LogP contribution in [0.15, 0.2) is 54.9 Å². The molecule has 3 heterocycles. The zero-order valence-electron chi connectivity index (χ0n) is 19.6. The SMILES string of the molecule is CN(C)C(=O)c1cc2ccc(Nc3nccc(-c4cc(OCC5(C)CCC5)ccn4)n3)cc2[nH]1. The van der Waals surface area contributed by atoms with Crippen molar-refractivity contribution in [1.29, 1.82) is 0 Å². The molecule has 5 rings (SSSR count). The number of aromatic amines is 1. The first-order chi connectivity index (χ1) is 16.4. The summed E-state index contributed by atoms with van der Waals surface area (Å²) in [4.78, 5) is 30.4. The van der Waals surface area contributed by atoms with E-state index in [-0.39, 0.29) is 11.3 Å². The van der Waals surface area contributed by atoms with Gasteiger partial charge in [0.05, 0.1) is 18.0 Å². The molecule has 1 saturated carbocycles. The number of hydrogen-bond acceptors (Lipinski definition) is 6. The summed E-state index contributed by atoms with van der Waals surface area (Å²) in [5.74, 6) is 1.19. The molecular weight excluding hydrogens is 428 g/mol. The molecule has 3 aromatic heterocycles. The fourth-order valence-corrected chi connectivity index (χ4v) is 4.07. The lowest BCUT2D eigenvalue weighted by molar-refractivity contribution is 0.0776. The average Bonchev–Trinajstić information content (AvgIpc) is 3.25. The van der Waals surface area contributed by atoms with Crippen molar-refractivity contribution >= 4 is 28.4 Å². The van der Waals surface area contributed by atoms with Crippen LogP contribution in [0.4, 0.5) is 11.6 Å². The van der Waals surface area contributed by atoms with Crippen molar-refractivity contribution in [3.05, 3.63) is 60.6 Å². The van der Waals surface area contributed by atoms with Crippen LogP contribution in [0.3, 0.4) is 0 Å². The predicted octanol–water partition coefficient (Wildman–Crippen LogP) is 5.03. The zero-order chi connectivity index (χ0) is 23.7. The Bertz CT molecular complexity index is 1340. The smallest absolute Gasteiger partial charge is 0.269 e. The molecule has 1 aliphatic carbocycles. The summed E-state index contributed by atoms with van der Waals surface area (Å²) in [6.45, 7) is 2.99. The van der Waals surface area contributed by atoms with E-state index in [1.807, 2.05) is 42.5 Å². The summed E-state index contributed by atoms with van der Waals surface area (Å²) in [7, 11) is 3.47. The third-order valence-corrected chi connectivity index (χ3v) is 6.31. The average molecular weight is 457 g/mol. The summed E-state index contributed by atoms with van der Waals surface area (Å²) in [5.41, 5.74) is 3.95. The van der Waals surface area contributed by atoms with E-state index in [9.17, 15) is 4.79 Å². The summed E-state index contributed by atoms with van der Waals surface area (Å²) in [6, 6.07) is 13.3. The number of nitrogens with one attached hydrogen (secondary N) is 2. The van der Waals surface area contributed by atoms with E-state index in [0.717, 1.165) is 34.6 Å². The van der Waals surface area contributed by atoms with Gasteiger partial charge in [0.2, 0.25) is 5.95 Å². The minimum atomic E-state index is -0.0674. The molecule has 0 saturated heterocycles. The van der Waals surface area contributed by atoms with Crippen molar-refractivity contribution in [3.63, 3.8) is 0 Å². The first kappa shape index (κ1) is 21.9. The fraction of sp³-hybridized carbons (Fsp3) is 0.308. The van der Waals surface area contributed by atoms with Gasteiger partial charge < -0.3 is 19.9 Å². The fourth-order valence-electron chi connectivity index (χ4n) is 4.07. The molecule has 0 atom stereocenters. The molecule has 0 bridgehead atoms. The summed E-state index contributed by atoms with van der Waals surface area (Å²) in [6.07, 6.45) is 7.16. The van der Waals surface area contributed by atoms with Crippen molar-refractivity contribution in [1.82, 2.24) is 24.8 Å². The van der Waals surface area contributed by atoms with Gasteiger partial charge in [-0.2, -0.15) is 0 Å². The second-order valence-electron chi connectivity index (χ2n) is 9.40. The normalized spacial score (nSPS) is 14.4. The summed E-state index contributed by atoms with van der Waals surface area (Å²) >= 11 is 0. The largest absolute Gasteiger partial charge is 0.493 e.